The first-order chi connectivity index (χ1) is 7.59. The first-order valence-corrected chi connectivity index (χ1v) is 7.08. The van der Waals surface area contributed by atoms with E-state index < -0.39 is 0 Å². The third kappa shape index (κ3) is 2.33. The maximum Gasteiger partial charge on any atom is 0.265 e. The Bertz CT molecular complexity index is 448. The molecule has 1 aromatic heterocycles. The first-order valence-electron chi connectivity index (χ1n) is 5.14. The van der Waals surface area contributed by atoms with Gasteiger partial charge in [-0.15, -0.1) is 0 Å². The summed E-state index contributed by atoms with van der Waals surface area (Å²) in [4.78, 5) is 21.2. The van der Waals surface area contributed by atoms with E-state index in [1.54, 1.807) is 0 Å². The van der Waals surface area contributed by atoms with Gasteiger partial charge in [0, 0.05) is 18.1 Å². The summed E-state index contributed by atoms with van der Waals surface area (Å²) >= 11 is 5.13. The third-order valence-corrected chi connectivity index (χ3v) is 4.72. The minimum absolute atomic E-state index is 0.0912. The van der Waals surface area contributed by atoms with Gasteiger partial charge in [0.05, 0.1) is 11.7 Å². The molecule has 1 aliphatic heterocycles. The molecule has 0 spiro atoms. The molecule has 1 saturated heterocycles. The molecule has 16 heavy (non-hydrogen) atoms. The fraction of sp³-hybridized carbons (Fsp3) is 0.600. The van der Waals surface area contributed by atoms with Crippen molar-refractivity contribution in [3.05, 3.63) is 26.3 Å². The second-order valence-corrected chi connectivity index (χ2v) is 5.86. The topological polar surface area (TPSA) is 49.0 Å². The van der Waals surface area contributed by atoms with Crippen LogP contribution < -0.4 is 5.56 Å². The van der Waals surface area contributed by atoms with Gasteiger partial charge in [0.25, 0.3) is 5.56 Å². The number of hydrogen-bond acceptors (Lipinski definition) is 4. The van der Waals surface area contributed by atoms with Crippen LogP contribution in [0.3, 0.4) is 0 Å². The number of nitrogens with zero attached hydrogens (tertiary/aromatic N) is 2. The van der Waals surface area contributed by atoms with Crippen molar-refractivity contribution in [3.8, 4) is 0 Å². The molecule has 6 heteroatoms. The maximum atomic E-state index is 11.6. The molecule has 88 valence electrons. The fourth-order valence-electron chi connectivity index (χ4n) is 1.73. The molecule has 0 amide bonds. The van der Waals surface area contributed by atoms with E-state index in [-0.39, 0.29) is 11.6 Å². The maximum absolute atomic E-state index is 11.6. The fourth-order valence-corrected chi connectivity index (χ4v) is 3.13. The van der Waals surface area contributed by atoms with Crippen molar-refractivity contribution in [2.45, 2.75) is 13.0 Å². The van der Waals surface area contributed by atoms with Crippen LogP contribution >= 0.6 is 27.7 Å². The summed E-state index contributed by atoms with van der Waals surface area (Å²) in [5.41, 5.74) is 0.661. The van der Waals surface area contributed by atoms with Crippen molar-refractivity contribution in [1.29, 1.82) is 0 Å². The zero-order chi connectivity index (χ0) is 11.7. The Hall–Kier alpha value is -0.330. The summed E-state index contributed by atoms with van der Waals surface area (Å²) in [6, 6.07) is 0.221. The molecule has 2 heterocycles. The monoisotopic (exact) mass is 303 g/mol. The molecule has 1 aliphatic rings. The largest absolute Gasteiger partial charge is 0.308 e. The van der Waals surface area contributed by atoms with Gasteiger partial charge in [-0.1, -0.05) is 0 Å². The molecule has 1 fully saturated rings. The van der Waals surface area contributed by atoms with Crippen LogP contribution in [0.2, 0.25) is 0 Å². The Balaban J connectivity index is 2.36. The second-order valence-electron chi connectivity index (χ2n) is 3.92. The quantitative estimate of drug-likeness (QED) is 0.855. The van der Waals surface area contributed by atoms with Crippen molar-refractivity contribution in [2.24, 2.45) is 0 Å². The van der Waals surface area contributed by atoms with Gasteiger partial charge in [0.15, 0.2) is 0 Å². The molecule has 1 aromatic rings. The number of hydrogen-bond donors (Lipinski definition) is 1. The van der Waals surface area contributed by atoms with Gasteiger partial charge in [-0.2, -0.15) is 11.8 Å². The van der Waals surface area contributed by atoms with Gasteiger partial charge < -0.3 is 4.98 Å². The zero-order valence-corrected chi connectivity index (χ0v) is 11.7. The normalized spacial score (nSPS) is 22.3. The molecule has 1 unspecified atom stereocenters. The summed E-state index contributed by atoms with van der Waals surface area (Å²) in [6.45, 7) is 2.88. The van der Waals surface area contributed by atoms with Crippen LogP contribution in [0.15, 0.2) is 9.27 Å². The standard InChI is InChI=1S/C10H14BrN3OS/c1-6-8(11)10(15)13-9(12-6)7-5-16-4-3-14(7)2/h7H,3-5H2,1-2H3,(H,12,13,15). The van der Waals surface area contributed by atoms with Gasteiger partial charge in [-0.05, 0) is 29.9 Å². The van der Waals surface area contributed by atoms with Crippen LogP contribution in [-0.4, -0.2) is 40.0 Å². The van der Waals surface area contributed by atoms with E-state index in [0.717, 1.165) is 29.6 Å². The van der Waals surface area contributed by atoms with Crippen molar-refractivity contribution >= 4 is 27.7 Å². The highest BCUT2D eigenvalue weighted by atomic mass is 79.9. The van der Waals surface area contributed by atoms with E-state index in [4.69, 9.17) is 0 Å². The Labute approximate surface area is 107 Å². The van der Waals surface area contributed by atoms with Crippen molar-refractivity contribution < 1.29 is 0 Å². The highest BCUT2D eigenvalue weighted by Crippen LogP contribution is 2.25. The van der Waals surface area contributed by atoms with Crippen LogP contribution in [0, 0.1) is 6.92 Å². The van der Waals surface area contributed by atoms with Gasteiger partial charge >= 0.3 is 0 Å². The molecule has 1 N–H and O–H groups in total. The van der Waals surface area contributed by atoms with Crippen LogP contribution in [-0.2, 0) is 0 Å². The Morgan fingerprint density at radius 3 is 3.00 bits per heavy atom. The van der Waals surface area contributed by atoms with Gasteiger partial charge in [0.1, 0.15) is 10.3 Å². The highest BCUT2D eigenvalue weighted by molar-refractivity contribution is 9.10. The minimum Gasteiger partial charge on any atom is -0.308 e. The number of H-pyrrole nitrogens is 1. The molecule has 0 radical (unpaired) electrons. The molecule has 0 saturated carbocycles. The number of nitrogens with one attached hydrogen (secondary N) is 1. The zero-order valence-electron chi connectivity index (χ0n) is 9.29. The molecule has 0 bridgehead atoms. The lowest BCUT2D eigenvalue weighted by Gasteiger charge is -2.31. The van der Waals surface area contributed by atoms with Crippen LogP contribution in [0.4, 0.5) is 0 Å². The lowest BCUT2D eigenvalue weighted by atomic mass is 10.2. The lowest BCUT2D eigenvalue weighted by Crippen LogP contribution is -2.35. The lowest BCUT2D eigenvalue weighted by molar-refractivity contribution is 0.263. The van der Waals surface area contributed by atoms with E-state index in [2.05, 4.69) is 37.8 Å². The number of aromatic amines is 1. The van der Waals surface area contributed by atoms with E-state index in [1.807, 2.05) is 18.7 Å². The average molecular weight is 304 g/mol. The van der Waals surface area contributed by atoms with Gasteiger partial charge in [-0.25, -0.2) is 4.98 Å². The van der Waals surface area contributed by atoms with E-state index >= 15 is 0 Å². The van der Waals surface area contributed by atoms with E-state index in [1.165, 1.54) is 0 Å². The number of rotatable bonds is 1. The molecule has 1 atom stereocenters. The summed E-state index contributed by atoms with van der Waals surface area (Å²) in [5.74, 6) is 2.91. The molecular formula is C10H14BrN3OS. The van der Waals surface area contributed by atoms with Gasteiger partial charge in [-0.3, -0.25) is 9.69 Å². The van der Waals surface area contributed by atoms with Gasteiger partial charge in [0.2, 0.25) is 0 Å². The summed E-state index contributed by atoms with van der Waals surface area (Å²) in [7, 11) is 2.07. The number of aryl methyl sites for hydroxylation is 1. The molecule has 0 aliphatic carbocycles. The average Bonchev–Trinajstić information content (AvgIpc) is 2.26. The van der Waals surface area contributed by atoms with Crippen molar-refractivity contribution in [3.63, 3.8) is 0 Å². The van der Waals surface area contributed by atoms with Crippen LogP contribution in [0.1, 0.15) is 17.6 Å². The minimum atomic E-state index is -0.0912. The predicted octanol–water partition coefficient (Wildman–Crippen LogP) is 1.56. The van der Waals surface area contributed by atoms with Crippen LogP contribution in [0.25, 0.3) is 0 Å². The Morgan fingerprint density at radius 2 is 2.38 bits per heavy atom. The Kier molecular flexibility index (Phi) is 3.71. The summed E-state index contributed by atoms with van der Waals surface area (Å²) in [6.07, 6.45) is 0. The third-order valence-electron chi connectivity index (χ3n) is 2.76. The number of thioether (sulfide) groups is 1. The van der Waals surface area contributed by atoms with E-state index in [0.29, 0.717) is 4.47 Å². The van der Waals surface area contributed by atoms with Crippen LogP contribution in [0.5, 0.6) is 0 Å². The molecule has 0 aromatic carbocycles. The summed E-state index contributed by atoms with van der Waals surface area (Å²) in [5, 5.41) is 0. The number of aromatic nitrogens is 2. The molecule has 2 rings (SSSR count). The SMILES string of the molecule is Cc1nc(C2CSCCN2C)[nH]c(=O)c1Br. The second kappa shape index (κ2) is 4.89. The number of halogens is 1. The van der Waals surface area contributed by atoms with Crippen molar-refractivity contribution in [2.75, 3.05) is 25.1 Å². The van der Waals surface area contributed by atoms with Crippen molar-refractivity contribution in [1.82, 2.24) is 14.9 Å². The van der Waals surface area contributed by atoms with E-state index in [9.17, 15) is 4.79 Å². The Morgan fingerprint density at radius 1 is 1.62 bits per heavy atom. The molecular weight excluding hydrogens is 290 g/mol. The first kappa shape index (κ1) is 12.1. The predicted molar refractivity (Wildman–Crippen MR) is 70.0 cm³/mol. The molecule has 4 nitrogen and oxygen atoms in total. The summed E-state index contributed by atoms with van der Waals surface area (Å²) < 4.78 is 0.530. The smallest absolute Gasteiger partial charge is 0.265 e. The highest BCUT2D eigenvalue weighted by Gasteiger charge is 2.23.